The third-order valence-electron chi connectivity index (χ3n) is 7.80. The van der Waals surface area contributed by atoms with Crippen molar-refractivity contribution in [2.45, 2.75) is 12.3 Å². The van der Waals surface area contributed by atoms with Gasteiger partial charge in [-0.15, -0.1) is 11.3 Å². The number of nitrogens with zero attached hydrogens (tertiary/aromatic N) is 3. The van der Waals surface area contributed by atoms with Crippen LogP contribution in [0.2, 0.25) is 0 Å². The average Bonchev–Trinajstić information content (AvgIpc) is 3.50. The maximum atomic E-state index is 5.27. The molecule has 1 unspecified atom stereocenters. The van der Waals surface area contributed by atoms with Crippen molar-refractivity contribution in [3.63, 3.8) is 0 Å². The lowest BCUT2D eigenvalue weighted by Crippen LogP contribution is -1.97. The number of benzene rings is 5. The van der Waals surface area contributed by atoms with Gasteiger partial charge in [0, 0.05) is 28.0 Å². The number of thiazole rings is 1. The van der Waals surface area contributed by atoms with Crippen LogP contribution >= 0.6 is 11.3 Å². The van der Waals surface area contributed by atoms with Crippen LogP contribution in [-0.4, -0.2) is 15.0 Å². The predicted octanol–water partition coefficient (Wildman–Crippen LogP) is 9.99. The zero-order valence-electron chi connectivity index (χ0n) is 22.2. The summed E-state index contributed by atoms with van der Waals surface area (Å²) in [6.07, 6.45) is 9.73. The molecule has 194 valence electrons. The SMILES string of the molecule is C1=CCC(c2nc3c(ccc4c(-c5nc(-c6ccccc6)cc(-c6ccccc6)n5)cc5ccccc5c43)s2)C=C1. The molecule has 0 N–H and O–H groups in total. The molecule has 3 nitrogen and oxygen atoms in total. The van der Waals surface area contributed by atoms with Crippen molar-refractivity contribution >= 4 is 43.1 Å². The standard InChI is InChI=1S/C37H25N3S/c1-4-12-24(13-5-1)31-23-32(25-14-6-2-7-15-25)39-36(38-31)30-22-27-18-10-11-19-28(27)34-29(30)20-21-33-35(34)40-37(41-33)26-16-8-3-9-17-26/h1-16,18-23,26H,17H2. The Morgan fingerprint density at radius 2 is 1.34 bits per heavy atom. The highest BCUT2D eigenvalue weighted by Gasteiger charge is 2.20. The number of allylic oxidation sites excluding steroid dienone is 4. The van der Waals surface area contributed by atoms with Gasteiger partial charge in [-0.1, -0.05) is 115 Å². The molecule has 2 heterocycles. The van der Waals surface area contributed by atoms with E-state index < -0.39 is 0 Å². The average molecular weight is 544 g/mol. The normalized spacial score (nSPS) is 14.8. The highest BCUT2D eigenvalue weighted by molar-refractivity contribution is 7.18. The number of hydrogen-bond acceptors (Lipinski definition) is 4. The fraction of sp³-hybridized carbons (Fsp3) is 0.0541. The minimum absolute atomic E-state index is 0.321. The topological polar surface area (TPSA) is 38.7 Å². The summed E-state index contributed by atoms with van der Waals surface area (Å²) in [6.45, 7) is 0. The van der Waals surface area contributed by atoms with Crippen molar-refractivity contribution in [3.8, 4) is 33.9 Å². The van der Waals surface area contributed by atoms with Crippen molar-refractivity contribution in [1.82, 2.24) is 15.0 Å². The van der Waals surface area contributed by atoms with E-state index in [2.05, 4.69) is 121 Å². The van der Waals surface area contributed by atoms with Crippen molar-refractivity contribution in [2.75, 3.05) is 0 Å². The second-order valence-electron chi connectivity index (χ2n) is 10.4. The predicted molar refractivity (Wildman–Crippen MR) is 172 cm³/mol. The first-order valence-electron chi connectivity index (χ1n) is 13.9. The molecule has 8 rings (SSSR count). The van der Waals surface area contributed by atoms with Gasteiger partial charge in [-0.2, -0.15) is 0 Å². The highest BCUT2D eigenvalue weighted by Crippen LogP contribution is 2.41. The zero-order valence-corrected chi connectivity index (χ0v) is 23.1. The van der Waals surface area contributed by atoms with Gasteiger partial charge in [0.05, 0.1) is 21.6 Å². The van der Waals surface area contributed by atoms with E-state index in [-0.39, 0.29) is 0 Å². The first kappa shape index (κ1) is 23.9. The van der Waals surface area contributed by atoms with Gasteiger partial charge in [0.1, 0.15) is 5.01 Å². The quantitative estimate of drug-likeness (QED) is 0.207. The van der Waals surface area contributed by atoms with E-state index in [1.807, 2.05) is 12.1 Å². The van der Waals surface area contributed by atoms with Gasteiger partial charge in [-0.25, -0.2) is 15.0 Å². The molecule has 1 atom stereocenters. The second-order valence-corrected chi connectivity index (χ2v) is 11.4. The van der Waals surface area contributed by atoms with Crippen LogP contribution in [0.25, 0.3) is 65.7 Å². The third kappa shape index (κ3) is 4.24. The van der Waals surface area contributed by atoms with Gasteiger partial charge >= 0.3 is 0 Å². The van der Waals surface area contributed by atoms with Gasteiger partial charge in [0.25, 0.3) is 0 Å². The first-order chi connectivity index (χ1) is 20.3. The van der Waals surface area contributed by atoms with E-state index in [1.54, 1.807) is 11.3 Å². The summed E-state index contributed by atoms with van der Waals surface area (Å²) in [4.78, 5) is 15.6. The number of fused-ring (bicyclic) bond motifs is 5. The van der Waals surface area contributed by atoms with Crippen LogP contribution in [-0.2, 0) is 0 Å². The molecule has 0 bridgehead atoms. The monoisotopic (exact) mass is 543 g/mol. The van der Waals surface area contributed by atoms with E-state index in [9.17, 15) is 0 Å². The van der Waals surface area contributed by atoms with Gasteiger partial charge in [-0.05, 0) is 40.8 Å². The maximum absolute atomic E-state index is 5.27. The molecule has 7 aromatic rings. The number of aromatic nitrogens is 3. The highest BCUT2D eigenvalue weighted by atomic mass is 32.1. The lowest BCUT2D eigenvalue weighted by atomic mass is 9.95. The molecular formula is C37H25N3S. The Balaban J connectivity index is 1.42. The Hall–Kier alpha value is -4.93. The molecule has 2 aromatic heterocycles. The Morgan fingerprint density at radius 1 is 0.634 bits per heavy atom. The zero-order chi connectivity index (χ0) is 27.2. The molecule has 0 amide bonds. The van der Waals surface area contributed by atoms with Crippen LogP contribution in [0, 0.1) is 0 Å². The smallest absolute Gasteiger partial charge is 0.161 e. The van der Waals surface area contributed by atoms with E-state index in [0.29, 0.717) is 5.92 Å². The Morgan fingerprint density at radius 3 is 2.05 bits per heavy atom. The van der Waals surface area contributed by atoms with E-state index in [0.717, 1.165) is 61.6 Å². The summed E-state index contributed by atoms with van der Waals surface area (Å²) in [5, 5.41) is 5.82. The number of rotatable bonds is 4. The van der Waals surface area contributed by atoms with Crippen molar-refractivity contribution in [1.29, 1.82) is 0 Å². The number of hydrogen-bond donors (Lipinski definition) is 0. The lowest BCUT2D eigenvalue weighted by molar-refractivity contribution is 0.846. The van der Waals surface area contributed by atoms with Crippen LogP contribution in [0.4, 0.5) is 0 Å². The molecule has 5 aromatic carbocycles. The maximum Gasteiger partial charge on any atom is 0.161 e. The molecule has 0 saturated carbocycles. The minimum atomic E-state index is 0.321. The molecule has 0 aliphatic heterocycles. The Bertz CT molecular complexity index is 2070. The lowest BCUT2D eigenvalue weighted by Gasteiger charge is -2.13. The van der Waals surface area contributed by atoms with Crippen LogP contribution in [0.15, 0.2) is 133 Å². The Kier molecular flexibility index (Phi) is 5.78. The van der Waals surface area contributed by atoms with Crippen LogP contribution in [0.3, 0.4) is 0 Å². The fourth-order valence-electron chi connectivity index (χ4n) is 5.78. The summed E-state index contributed by atoms with van der Waals surface area (Å²) in [6, 6.07) is 38.1. The molecule has 0 fully saturated rings. The Labute approximate surface area is 242 Å². The molecule has 0 radical (unpaired) electrons. The van der Waals surface area contributed by atoms with E-state index >= 15 is 0 Å². The van der Waals surface area contributed by atoms with Gasteiger partial charge in [0.15, 0.2) is 5.82 Å². The molecule has 41 heavy (non-hydrogen) atoms. The second kappa shape index (κ2) is 9.92. The molecular weight excluding hydrogens is 518 g/mol. The van der Waals surface area contributed by atoms with Crippen molar-refractivity contribution in [2.24, 2.45) is 0 Å². The molecule has 1 aliphatic rings. The molecule has 1 aliphatic carbocycles. The summed E-state index contributed by atoms with van der Waals surface area (Å²) >= 11 is 1.80. The van der Waals surface area contributed by atoms with Gasteiger partial charge < -0.3 is 0 Å². The van der Waals surface area contributed by atoms with Crippen molar-refractivity contribution in [3.05, 3.63) is 139 Å². The third-order valence-corrected chi connectivity index (χ3v) is 8.95. The summed E-state index contributed by atoms with van der Waals surface area (Å²) < 4.78 is 1.21. The van der Waals surface area contributed by atoms with Crippen LogP contribution in [0.5, 0.6) is 0 Å². The molecule has 4 heteroatoms. The largest absolute Gasteiger partial charge is 0.240 e. The molecule has 0 spiro atoms. The summed E-state index contributed by atoms with van der Waals surface area (Å²) in [5.41, 5.74) is 6.03. The fourth-order valence-corrected chi connectivity index (χ4v) is 6.85. The van der Waals surface area contributed by atoms with E-state index in [1.165, 1.54) is 15.5 Å². The summed E-state index contributed by atoms with van der Waals surface area (Å²) in [7, 11) is 0. The minimum Gasteiger partial charge on any atom is -0.240 e. The molecule has 0 saturated heterocycles. The van der Waals surface area contributed by atoms with Crippen molar-refractivity contribution < 1.29 is 0 Å². The van der Waals surface area contributed by atoms with Gasteiger partial charge in [-0.3, -0.25) is 0 Å². The van der Waals surface area contributed by atoms with Gasteiger partial charge in [0.2, 0.25) is 0 Å². The van der Waals surface area contributed by atoms with Crippen LogP contribution in [0.1, 0.15) is 17.3 Å². The van der Waals surface area contributed by atoms with E-state index in [4.69, 9.17) is 15.0 Å². The van der Waals surface area contributed by atoms with Crippen LogP contribution < -0.4 is 0 Å². The first-order valence-corrected chi connectivity index (χ1v) is 14.7. The summed E-state index contributed by atoms with van der Waals surface area (Å²) in [5.74, 6) is 1.04.